The van der Waals surface area contributed by atoms with Crippen LogP contribution in [0.4, 0.5) is 0 Å². The Hall–Kier alpha value is -1.24. The molecule has 1 aromatic carbocycles. The highest BCUT2D eigenvalue weighted by Gasteiger charge is 2.30. The molecule has 1 aliphatic carbocycles. The Morgan fingerprint density at radius 1 is 1.00 bits per heavy atom. The number of benzene rings is 1. The van der Waals surface area contributed by atoms with Crippen molar-refractivity contribution >= 4 is 5.57 Å². The Morgan fingerprint density at radius 3 is 2.04 bits per heavy atom. The molecule has 1 atom stereocenters. The van der Waals surface area contributed by atoms with Crippen LogP contribution in [-0.2, 0) is 10.8 Å². The van der Waals surface area contributed by atoms with E-state index in [-0.39, 0.29) is 16.2 Å². The molecule has 0 aliphatic heterocycles. The van der Waals surface area contributed by atoms with Crippen LogP contribution in [0.15, 0.2) is 18.2 Å². The van der Waals surface area contributed by atoms with Crippen molar-refractivity contribution in [3.8, 4) is 5.75 Å². The molecule has 0 fully saturated rings. The first kappa shape index (κ1) is 19.1. The lowest BCUT2D eigenvalue weighted by atomic mass is 9.71. The number of hydrogen-bond acceptors (Lipinski definition) is 1. The van der Waals surface area contributed by atoms with E-state index in [0.29, 0.717) is 11.7 Å². The van der Waals surface area contributed by atoms with E-state index in [2.05, 4.69) is 80.5 Å². The normalized spacial score (nSPS) is 21.5. The summed E-state index contributed by atoms with van der Waals surface area (Å²) < 4.78 is 0. The summed E-state index contributed by atoms with van der Waals surface area (Å²) >= 11 is 0. The fourth-order valence-electron chi connectivity index (χ4n) is 4.01. The third-order valence-electron chi connectivity index (χ3n) is 5.14. The van der Waals surface area contributed by atoms with E-state index in [1.54, 1.807) is 0 Å². The number of phenolic OH excluding ortho intramolecular Hbond substituents is 1. The van der Waals surface area contributed by atoms with Crippen molar-refractivity contribution in [2.24, 2.45) is 11.3 Å². The molecule has 0 radical (unpaired) electrons. The Kier molecular flexibility index (Phi) is 4.72. The molecule has 1 unspecified atom stereocenters. The fourth-order valence-corrected chi connectivity index (χ4v) is 4.01. The highest BCUT2D eigenvalue weighted by molar-refractivity contribution is 5.74. The summed E-state index contributed by atoms with van der Waals surface area (Å²) in [5.41, 5.74) is 4.91. The van der Waals surface area contributed by atoms with Crippen LogP contribution in [0, 0.1) is 11.3 Å². The van der Waals surface area contributed by atoms with Gasteiger partial charge in [-0.2, -0.15) is 0 Å². The number of phenols is 1. The minimum Gasteiger partial charge on any atom is -0.507 e. The third kappa shape index (κ3) is 4.05. The lowest BCUT2D eigenvalue weighted by Gasteiger charge is -2.34. The molecular formula is C23H36O. The Morgan fingerprint density at radius 2 is 1.58 bits per heavy atom. The van der Waals surface area contributed by atoms with Crippen LogP contribution in [0.5, 0.6) is 5.75 Å². The number of rotatable bonds is 1. The maximum absolute atomic E-state index is 11.1. The zero-order valence-electron chi connectivity index (χ0n) is 17.2. The monoisotopic (exact) mass is 328 g/mol. The van der Waals surface area contributed by atoms with Gasteiger partial charge in [-0.3, -0.25) is 0 Å². The van der Waals surface area contributed by atoms with Gasteiger partial charge in [0.25, 0.3) is 0 Å². The van der Waals surface area contributed by atoms with Crippen LogP contribution in [0.1, 0.15) is 91.8 Å². The number of allylic oxidation sites excluding steroid dienone is 2. The van der Waals surface area contributed by atoms with Crippen LogP contribution >= 0.6 is 0 Å². The summed E-state index contributed by atoms with van der Waals surface area (Å²) in [5, 5.41) is 11.1. The summed E-state index contributed by atoms with van der Waals surface area (Å²) in [6.45, 7) is 20.2. The largest absolute Gasteiger partial charge is 0.507 e. The number of aromatic hydroxyl groups is 1. The Bertz CT molecular complexity index is 648. The second-order valence-corrected chi connectivity index (χ2v) is 10.6. The minimum atomic E-state index is -0.0730. The summed E-state index contributed by atoms with van der Waals surface area (Å²) in [7, 11) is 0. The summed E-state index contributed by atoms with van der Waals surface area (Å²) in [5.74, 6) is 1.13. The van der Waals surface area contributed by atoms with E-state index in [4.69, 9.17) is 0 Å². The van der Waals surface area contributed by atoms with Crippen molar-refractivity contribution in [2.75, 3.05) is 0 Å². The SMILES string of the molecule is CC1CC(c2cc(C(C)(C)C)cc(C(C)(C)C)c2O)=CC(C)(C)C1. The van der Waals surface area contributed by atoms with E-state index < -0.39 is 0 Å². The topological polar surface area (TPSA) is 20.2 Å². The maximum atomic E-state index is 11.1. The average Bonchev–Trinajstić information content (AvgIpc) is 2.33. The zero-order chi connectivity index (χ0) is 18.5. The predicted octanol–water partition coefficient (Wildman–Crippen LogP) is 6.83. The van der Waals surface area contributed by atoms with Crippen LogP contribution in [-0.4, -0.2) is 5.11 Å². The first-order valence-corrected chi connectivity index (χ1v) is 9.31. The Balaban J connectivity index is 2.72. The number of hydrogen-bond donors (Lipinski definition) is 1. The molecule has 0 bridgehead atoms. The molecule has 0 saturated heterocycles. The lowest BCUT2D eigenvalue weighted by Crippen LogP contribution is -2.20. The van der Waals surface area contributed by atoms with Gasteiger partial charge in [-0.15, -0.1) is 0 Å². The molecule has 134 valence electrons. The molecule has 1 aromatic rings. The molecule has 24 heavy (non-hydrogen) atoms. The van der Waals surface area contributed by atoms with E-state index >= 15 is 0 Å². The van der Waals surface area contributed by atoms with E-state index in [0.717, 1.165) is 17.5 Å². The van der Waals surface area contributed by atoms with Crippen LogP contribution in [0.25, 0.3) is 5.57 Å². The molecule has 2 rings (SSSR count). The van der Waals surface area contributed by atoms with Crippen LogP contribution in [0.3, 0.4) is 0 Å². The van der Waals surface area contributed by atoms with Gasteiger partial charge in [-0.05, 0) is 52.2 Å². The van der Waals surface area contributed by atoms with Gasteiger partial charge in [0.2, 0.25) is 0 Å². The second-order valence-electron chi connectivity index (χ2n) is 10.6. The van der Waals surface area contributed by atoms with Crippen molar-refractivity contribution in [2.45, 2.75) is 86.0 Å². The smallest absolute Gasteiger partial charge is 0.126 e. The van der Waals surface area contributed by atoms with E-state index in [1.165, 1.54) is 17.6 Å². The van der Waals surface area contributed by atoms with Crippen molar-refractivity contribution < 1.29 is 5.11 Å². The minimum absolute atomic E-state index is 0.0683. The lowest BCUT2D eigenvalue weighted by molar-refractivity contribution is 0.336. The van der Waals surface area contributed by atoms with Crippen molar-refractivity contribution in [3.05, 3.63) is 34.9 Å². The third-order valence-corrected chi connectivity index (χ3v) is 5.14. The van der Waals surface area contributed by atoms with Crippen molar-refractivity contribution in [1.82, 2.24) is 0 Å². The zero-order valence-corrected chi connectivity index (χ0v) is 17.2. The van der Waals surface area contributed by atoms with Gasteiger partial charge in [0.1, 0.15) is 5.75 Å². The van der Waals surface area contributed by atoms with Crippen molar-refractivity contribution in [3.63, 3.8) is 0 Å². The molecule has 0 aromatic heterocycles. The molecule has 0 spiro atoms. The van der Waals surface area contributed by atoms with Crippen LogP contribution < -0.4 is 0 Å². The van der Waals surface area contributed by atoms with E-state index in [9.17, 15) is 5.11 Å². The highest BCUT2D eigenvalue weighted by atomic mass is 16.3. The van der Waals surface area contributed by atoms with Gasteiger partial charge < -0.3 is 5.11 Å². The van der Waals surface area contributed by atoms with Gasteiger partial charge in [0.15, 0.2) is 0 Å². The quantitative estimate of drug-likeness (QED) is 0.599. The molecule has 1 N–H and O–H groups in total. The van der Waals surface area contributed by atoms with Crippen LogP contribution in [0.2, 0.25) is 0 Å². The molecule has 1 aliphatic rings. The van der Waals surface area contributed by atoms with Gasteiger partial charge in [-0.25, -0.2) is 0 Å². The first-order valence-electron chi connectivity index (χ1n) is 9.31. The highest BCUT2D eigenvalue weighted by Crippen LogP contribution is 2.46. The predicted molar refractivity (Wildman–Crippen MR) is 106 cm³/mol. The molecular weight excluding hydrogens is 292 g/mol. The molecule has 1 nitrogen and oxygen atoms in total. The summed E-state index contributed by atoms with van der Waals surface area (Å²) in [6.07, 6.45) is 4.65. The maximum Gasteiger partial charge on any atom is 0.126 e. The fraction of sp³-hybridized carbons (Fsp3) is 0.652. The molecule has 0 amide bonds. The summed E-state index contributed by atoms with van der Waals surface area (Å²) in [4.78, 5) is 0. The van der Waals surface area contributed by atoms with Gasteiger partial charge in [0.05, 0.1) is 0 Å². The van der Waals surface area contributed by atoms with Gasteiger partial charge in [0, 0.05) is 11.1 Å². The Labute approximate surface area is 149 Å². The van der Waals surface area contributed by atoms with Gasteiger partial charge >= 0.3 is 0 Å². The standard InChI is InChI=1S/C23H36O/c1-15-10-16(14-23(8,9)13-15)18-11-17(21(2,3)4)12-19(20(18)24)22(5,6)7/h11-12,14-15,24H,10,13H2,1-9H3. The molecule has 1 heteroatoms. The van der Waals surface area contributed by atoms with Gasteiger partial charge in [-0.1, -0.05) is 74.5 Å². The van der Waals surface area contributed by atoms with Crippen molar-refractivity contribution in [1.29, 1.82) is 0 Å². The van der Waals surface area contributed by atoms with E-state index in [1.807, 2.05) is 0 Å². The first-order chi connectivity index (χ1) is 10.7. The molecule has 0 saturated carbocycles. The molecule has 0 heterocycles. The second kappa shape index (κ2) is 5.93. The average molecular weight is 329 g/mol. The summed E-state index contributed by atoms with van der Waals surface area (Å²) in [6, 6.07) is 4.43.